The monoisotopic (exact) mass is 367 g/mol. The molecule has 1 aromatic heterocycles. The topological polar surface area (TPSA) is 128 Å². The molecule has 0 unspecified atom stereocenters. The molecular formula is C13H23ClN3O5P. The second kappa shape index (κ2) is 7.77. The zero-order valence-electron chi connectivity index (χ0n) is 13.6. The summed E-state index contributed by atoms with van der Waals surface area (Å²) < 4.78 is 22.9. The second-order valence-corrected chi connectivity index (χ2v) is 7.86. The Balaban J connectivity index is 2.75. The summed E-state index contributed by atoms with van der Waals surface area (Å²) in [7, 11) is -4.49. The predicted molar refractivity (Wildman–Crippen MR) is 87.4 cm³/mol. The molecule has 8 nitrogen and oxygen atoms in total. The van der Waals surface area contributed by atoms with Gasteiger partial charge in [-0.2, -0.15) is 4.98 Å². The van der Waals surface area contributed by atoms with Crippen molar-refractivity contribution in [3.05, 3.63) is 11.2 Å². The van der Waals surface area contributed by atoms with Crippen LogP contribution in [-0.2, 0) is 9.30 Å². The van der Waals surface area contributed by atoms with Crippen molar-refractivity contribution in [1.82, 2.24) is 9.97 Å². The van der Waals surface area contributed by atoms with Gasteiger partial charge < -0.3 is 25.0 Å². The number of hydrogen-bond donors (Lipinski definition) is 3. The highest BCUT2D eigenvalue weighted by atomic mass is 35.5. The van der Waals surface area contributed by atoms with Crippen LogP contribution in [0.15, 0.2) is 6.07 Å². The zero-order valence-corrected chi connectivity index (χ0v) is 15.2. The first kappa shape index (κ1) is 20.1. The first-order valence-corrected chi connectivity index (χ1v) is 9.12. The van der Waals surface area contributed by atoms with Crippen LogP contribution in [0, 0.1) is 11.8 Å². The first-order valence-electron chi connectivity index (χ1n) is 7.13. The molecule has 0 aliphatic rings. The van der Waals surface area contributed by atoms with Crippen LogP contribution >= 0.6 is 19.2 Å². The Labute approximate surface area is 140 Å². The lowest BCUT2D eigenvalue weighted by Crippen LogP contribution is -2.44. The Morgan fingerprint density at radius 2 is 1.83 bits per heavy atom. The number of hydrogen-bond acceptors (Lipinski definition) is 6. The minimum Gasteiger partial charge on any atom is -0.475 e. The highest BCUT2D eigenvalue weighted by Crippen LogP contribution is 2.59. The summed E-state index contributed by atoms with van der Waals surface area (Å²) in [6.45, 7) is 6.86. The third-order valence-electron chi connectivity index (χ3n) is 3.46. The largest absolute Gasteiger partial charge is 0.475 e. The van der Waals surface area contributed by atoms with Gasteiger partial charge in [-0.25, -0.2) is 4.98 Å². The van der Waals surface area contributed by atoms with Crippen LogP contribution in [0.25, 0.3) is 0 Å². The van der Waals surface area contributed by atoms with E-state index in [0.29, 0.717) is 0 Å². The maximum atomic E-state index is 12.0. The van der Waals surface area contributed by atoms with E-state index in [1.165, 1.54) is 6.07 Å². The molecule has 0 aliphatic carbocycles. The number of ether oxygens (including phenoxy) is 2. The molecule has 132 valence electrons. The van der Waals surface area contributed by atoms with Crippen molar-refractivity contribution < 1.29 is 23.8 Å². The molecule has 10 heteroatoms. The summed E-state index contributed by atoms with van der Waals surface area (Å²) in [4.78, 5) is 27.0. The van der Waals surface area contributed by atoms with Crippen molar-refractivity contribution in [2.24, 2.45) is 11.8 Å². The lowest BCUT2D eigenvalue weighted by molar-refractivity contribution is -0.0701. The van der Waals surface area contributed by atoms with Gasteiger partial charge in [-0.1, -0.05) is 39.3 Å². The van der Waals surface area contributed by atoms with Gasteiger partial charge in [-0.05, 0) is 11.8 Å². The van der Waals surface area contributed by atoms with Gasteiger partial charge in [-0.3, -0.25) is 4.57 Å². The van der Waals surface area contributed by atoms with Crippen molar-refractivity contribution in [3.8, 4) is 5.88 Å². The third kappa shape index (κ3) is 4.78. The van der Waals surface area contributed by atoms with Crippen LogP contribution in [0.4, 0.5) is 5.95 Å². The lowest BCUT2D eigenvalue weighted by Gasteiger charge is -2.41. The highest BCUT2D eigenvalue weighted by Gasteiger charge is 2.53. The molecule has 0 aromatic carbocycles. The molecule has 0 saturated heterocycles. The van der Waals surface area contributed by atoms with Gasteiger partial charge in [0.1, 0.15) is 11.8 Å². The quantitative estimate of drug-likeness (QED) is 0.362. The molecule has 1 aromatic rings. The van der Waals surface area contributed by atoms with Crippen LogP contribution in [-0.4, -0.2) is 38.3 Å². The molecule has 0 amide bonds. The average molecular weight is 368 g/mol. The maximum Gasteiger partial charge on any atom is 0.357 e. The van der Waals surface area contributed by atoms with Gasteiger partial charge in [0.05, 0.1) is 6.61 Å². The molecule has 1 rings (SSSR count). The van der Waals surface area contributed by atoms with Crippen LogP contribution in [0.2, 0.25) is 5.15 Å². The van der Waals surface area contributed by atoms with Crippen molar-refractivity contribution in [2.45, 2.75) is 33.0 Å². The number of nitrogens with two attached hydrogens (primary N) is 1. The average Bonchev–Trinajstić information content (AvgIpc) is 2.34. The maximum absolute atomic E-state index is 12.0. The van der Waals surface area contributed by atoms with Crippen LogP contribution < -0.4 is 10.5 Å². The molecule has 0 saturated carbocycles. The Hall–Kier alpha value is -0.920. The van der Waals surface area contributed by atoms with E-state index < -0.39 is 12.9 Å². The summed E-state index contributed by atoms with van der Waals surface area (Å²) in [5.41, 5.74) is 5.45. The predicted octanol–water partition coefficient (Wildman–Crippen LogP) is 2.29. The zero-order chi connectivity index (χ0) is 17.8. The molecule has 1 heterocycles. The summed E-state index contributed by atoms with van der Waals surface area (Å²) in [6.07, 6.45) is 0. The molecule has 0 fully saturated rings. The van der Waals surface area contributed by atoms with Gasteiger partial charge in [0.15, 0.2) is 5.34 Å². The lowest BCUT2D eigenvalue weighted by atomic mass is 9.95. The smallest absolute Gasteiger partial charge is 0.357 e. The summed E-state index contributed by atoms with van der Waals surface area (Å²) in [5.74, 6) is -0.621. The SMILES string of the molecule is CC(C)C(OCCOc1cc(Cl)nc(N)n1)(C(C)C)P(=O)(O)O. The second-order valence-electron chi connectivity index (χ2n) is 5.69. The molecule has 0 radical (unpaired) electrons. The van der Waals surface area contributed by atoms with E-state index in [-0.39, 0.29) is 42.0 Å². The molecule has 0 atom stereocenters. The minimum absolute atomic E-state index is 0.0248. The van der Waals surface area contributed by atoms with E-state index in [1.54, 1.807) is 27.7 Å². The fourth-order valence-electron chi connectivity index (χ4n) is 2.60. The summed E-state index contributed by atoms with van der Waals surface area (Å²) in [6, 6.07) is 1.39. The molecular weight excluding hydrogens is 345 g/mol. The Morgan fingerprint density at radius 1 is 1.26 bits per heavy atom. The Kier molecular flexibility index (Phi) is 6.80. The first-order chi connectivity index (χ1) is 10.5. The molecule has 4 N–H and O–H groups in total. The molecule has 0 aliphatic heterocycles. The minimum atomic E-state index is -4.49. The van der Waals surface area contributed by atoms with Gasteiger partial charge in [-0.15, -0.1) is 0 Å². The molecule has 0 spiro atoms. The van der Waals surface area contributed by atoms with Crippen LogP contribution in [0.5, 0.6) is 5.88 Å². The van der Waals surface area contributed by atoms with E-state index >= 15 is 0 Å². The van der Waals surface area contributed by atoms with Crippen LogP contribution in [0.3, 0.4) is 0 Å². The number of rotatable bonds is 8. The van der Waals surface area contributed by atoms with E-state index in [4.69, 9.17) is 26.8 Å². The van der Waals surface area contributed by atoms with Gasteiger partial charge >= 0.3 is 7.60 Å². The summed E-state index contributed by atoms with van der Waals surface area (Å²) in [5, 5.41) is -1.43. The number of aromatic nitrogens is 2. The number of anilines is 1. The Morgan fingerprint density at radius 3 is 2.26 bits per heavy atom. The van der Waals surface area contributed by atoms with Gasteiger partial charge in [0.2, 0.25) is 11.8 Å². The van der Waals surface area contributed by atoms with Gasteiger partial charge in [0, 0.05) is 6.07 Å². The number of nitrogens with zero attached hydrogens (tertiary/aromatic N) is 2. The van der Waals surface area contributed by atoms with E-state index in [2.05, 4.69) is 9.97 Å². The number of halogens is 1. The van der Waals surface area contributed by atoms with Crippen molar-refractivity contribution >= 4 is 25.1 Å². The molecule has 23 heavy (non-hydrogen) atoms. The van der Waals surface area contributed by atoms with Crippen molar-refractivity contribution in [1.29, 1.82) is 0 Å². The number of nitrogen functional groups attached to an aromatic ring is 1. The standard InChI is InChI=1S/C13H23ClN3O5P/c1-8(2)13(9(3)4,23(18,19)20)22-6-5-21-11-7-10(14)16-12(15)17-11/h7-9H,5-6H2,1-4H3,(H2,15,16,17)(H2,18,19,20). The van der Waals surface area contributed by atoms with E-state index in [0.717, 1.165) is 0 Å². The van der Waals surface area contributed by atoms with Crippen molar-refractivity contribution in [2.75, 3.05) is 18.9 Å². The van der Waals surface area contributed by atoms with Crippen molar-refractivity contribution in [3.63, 3.8) is 0 Å². The van der Waals surface area contributed by atoms with Gasteiger partial charge in [0.25, 0.3) is 0 Å². The summed E-state index contributed by atoms with van der Waals surface area (Å²) >= 11 is 5.73. The fraction of sp³-hybridized carbons (Fsp3) is 0.692. The third-order valence-corrected chi connectivity index (χ3v) is 5.73. The highest BCUT2D eigenvalue weighted by molar-refractivity contribution is 7.53. The normalized spacial score (nSPS) is 12.9. The fourth-order valence-corrected chi connectivity index (χ4v) is 4.38. The molecule has 0 bridgehead atoms. The van der Waals surface area contributed by atoms with E-state index in [9.17, 15) is 14.4 Å². The van der Waals surface area contributed by atoms with E-state index in [1.807, 2.05) is 0 Å². The van der Waals surface area contributed by atoms with Crippen LogP contribution in [0.1, 0.15) is 27.7 Å². The Bertz CT molecular complexity index is 550.